The van der Waals surface area contributed by atoms with Crippen LogP contribution in [0.4, 0.5) is 0 Å². The predicted octanol–water partition coefficient (Wildman–Crippen LogP) is 2.29. The average Bonchev–Trinajstić information content (AvgIpc) is 2.43. The van der Waals surface area contributed by atoms with Crippen molar-refractivity contribution in [2.75, 3.05) is 7.05 Å². The maximum atomic E-state index is 12.3. The molecule has 0 spiro atoms. The summed E-state index contributed by atoms with van der Waals surface area (Å²) in [6.07, 6.45) is 0.867. The van der Waals surface area contributed by atoms with Gasteiger partial charge < -0.3 is 15.7 Å². The van der Waals surface area contributed by atoms with Crippen LogP contribution < -0.4 is 5.73 Å². The Kier molecular flexibility index (Phi) is 5.36. The Bertz CT molecular complexity index is 434. The molecule has 3 atom stereocenters. The van der Waals surface area contributed by atoms with Crippen LogP contribution >= 0.6 is 0 Å². The molecule has 1 aromatic carbocycles. The zero-order chi connectivity index (χ0) is 14.6. The lowest BCUT2D eigenvalue weighted by Gasteiger charge is -2.30. The van der Waals surface area contributed by atoms with E-state index in [-0.39, 0.29) is 23.6 Å². The predicted molar refractivity (Wildman–Crippen MR) is 76.7 cm³/mol. The first kappa shape index (κ1) is 15.5. The van der Waals surface area contributed by atoms with Crippen molar-refractivity contribution in [3.8, 4) is 5.75 Å². The molecule has 0 fully saturated rings. The van der Waals surface area contributed by atoms with E-state index in [1.165, 1.54) is 0 Å². The van der Waals surface area contributed by atoms with Crippen LogP contribution in [0.3, 0.4) is 0 Å². The fourth-order valence-electron chi connectivity index (χ4n) is 1.97. The molecule has 0 bridgehead atoms. The van der Waals surface area contributed by atoms with Gasteiger partial charge in [-0.2, -0.15) is 0 Å². The van der Waals surface area contributed by atoms with E-state index in [1.54, 1.807) is 24.1 Å². The molecule has 0 aliphatic heterocycles. The van der Waals surface area contributed by atoms with Gasteiger partial charge >= 0.3 is 0 Å². The van der Waals surface area contributed by atoms with Crippen LogP contribution in [0.2, 0.25) is 0 Å². The smallest absolute Gasteiger partial charge is 0.240 e. The number of nitrogens with two attached hydrogens (primary N) is 1. The zero-order valence-electron chi connectivity index (χ0n) is 12.1. The molecule has 1 aromatic rings. The zero-order valence-corrected chi connectivity index (χ0v) is 12.1. The van der Waals surface area contributed by atoms with Crippen LogP contribution in [-0.4, -0.2) is 29.0 Å². The molecular weight excluding hydrogens is 240 g/mol. The Morgan fingerprint density at radius 3 is 2.47 bits per heavy atom. The third-order valence-corrected chi connectivity index (χ3v) is 3.86. The number of amides is 1. The molecular formula is C15H24N2O2. The average molecular weight is 264 g/mol. The van der Waals surface area contributed by atoms with Gasteiger partial charge in [-0.15, -0.1) is 0 Å². The van der Waals surface area contributed by atoms with Gasteiger partial charge in [0.15, 0.2) is 0 Å². The second-order valence-electron chi connectivity index (χ2n) is 5.10. The van der Waals surface area contributed by atoms with Crippen molar-refractivity contribution in [2.24, 2.45) is 11.7 Å². The van der Waals surface area contributed by atoms with E-state index in [1.807, 2.05) is 32.9 Å². The second-order valence-corrected chi connectivity index (χ2v) is 5.10. The van der Waals surface area contributed by atoms with E-state index in [0.717, 1.165) is 12.0 Å². The molecule has 0 saturated heterocycles. The van der Waals surface area contributed by atoms with Gasteiger partial charge in [0.25, 0.3) is 0 Å². The Morgan fingerprint density at radius 1 is 1.37 bits per heavy atom. The molecule has 106 valence electrons. The van der Waals surface area contributed by atoms with E-state index in [2.05, 4.69) is 0 Å². The minimum absolute atomic E-state index is 0.0925. The van der Waals surface area contributed by atoms with E-state index in [0.29, 0.717) is 0 Å². The summed E-state index contributed by atoms with van der Waals surface area (Å²) in [5, 5.41) is 9.84. The SMILES string of the molecule is CCC(C)[C@H](N)C(=O)N(C)C(C)c1ccccc1O. The van der Waals surface area contributed by atoms with Crippen molar-refractivity contribution >= 4 is 5.91 Å². The third kappa shape index (κ3) is 3.47. The molecule has 0 aliphatic carbocycles. The van der Waals surface area contributed by atoms with Crippen molar-refractivity contribution < 1.29 is 9.90 Å². The van der Waals surface area contributed by atoms with Crippen molar-refractivity contribution in [1.82, 2.24) is 4.90 Å². The van der Waals surface area contributed by atoms with Gasteiger partial charge in [-0.25, -0.2) is 0 Å². The molecule has 2 unspecified atom stereocenters. The lowest BCUT2D eigenvalue weighted by Crippen LogP contribution is -2.46. The minimum atomic E-state index is -0.497. The van der Waals surface area contributed by atoms with Gasteiger partial charge in [-0.1, -0.05) is 38.5 Å². The van der Waals surface area contributed by atoms with Gasteiger partial charge in [-0.05, 0) is 18.9 Å². The van der Waals surface area contributed by atoms with Crippen LogP contribution in [0.5, 0.6) is 5.75 Å². The van der Waals surface area contributed by atoms with Crippen molar-refractivity contribution in [2.45, 2.75) is 39.3 Å². The number of rotatable bonds is 5. The molecule has 0 heterocycles. The monoisotopic (exact) mass is 264 g/mol. The molecule has 4 nitrogen and oxygen atoms in total. The highest BCUT2D eigenvalue weighted by Crippen LogP contribution is 2.27. The standard InChI is InChI=1S/C15H24N2O2/c1-5-10(2)14(16)15(19)17(4)11(3)12-8-6-7-9-13(12)18/h6-11,14,18H,5,16H2,1-4H3/t10?,11?,14-/m0/s1. The van der Waals surface area contributed by atoms with E-state index in [9.17, 15) is 9.90 Å². The molecule has 0 aliphatic rings. The van der Waals surface area contributed by atoms with E-state index in [4.69, 9.17) is 5.73 Å². The summed E-state index contributed by atoms with van der Waals surface area (Å²) in [7, 11) is 1.72. The molecule has 0 radical (unpaired) electrons. The molecule has 19 heavy (non-hydrogen) atoms. The maximum absolute atomic E-state index is 12.3. The summed E-state index contributed by atoms with van der Waals surface area (Å²) < 4.78 is 0. The summed E-state index contributed by atoms with van der Waals surface area (Å²) in [6.45, 7) is 5.88. The van der Waals surface area contributed by atoms with Gasteiger partial charge in [-0.3, -0.25) is 4.79 Å². The number of likely N-dealkylation sites (N-methyl/N-ethyl adjacent to an activating group) is 1. The highest BCUT2D eigenvalue weighted by Gasteiger charge is 2.27. The molecule has 1 rings (SSSR count). The summed E-state index contributed by atoms with van der Waals surface area (Å²) in [4.78, 5) is 13.9. The van der Waals surface area contributed by atoms with Crippen molar-refractivity contribution in [3.63, 3.8) is 0 Å². The van der Waals surface area contributed by atoms with Crippen LogP contribution in [0.15, 0.2) is 24.3 Å². The molecule has 0 saturated carbocycles. The van der Waals surface area contributed by atoms with Crippen LogP contribution in [0, 0.1) is 5.92 Å². The lowest BCUT2D eigenvalue weighted by atomic mass is 9.97. The number of hydrogen-bond donors (Lipinski definition) is 2. The summed E-state index contributed by atoms with van der Waals surface area (Å²) in [5.41, 5.74) is 6.70. The first-order valence-electron chi connectivity index (χ1n) is 6.70. The quantitative estimate of drug-likeness (QED) is 0.857. The minimum Gasteiger partial charge on any atom is -0.508 e. The first-order chi connectivity index (χ1) is 8.90. The van der Waals surface area contributed by atoms with Crippen LogP contribution in [0.1, 0.15) is 38.8 Å². The number of para-hydroxylation sites is 1. The number of carbonyl (C=O) groups excluding carboxylic acids is 1. The molecule has 0 aromatic heterocycles. The highest BCUT2D eigenvalue weighted by atomic mass is 16.3. The van der Waals surface area contributed by atoms with E-state index < -0.39 is 6.04 Å². The molecule has 3 N–H and O–H groups in total. The third-order valence-electron chi connectivity index (χ3n) is 3.86. The number of hydrogen-bond acceptors (Lipinski definition) is 3. The van der Waals surface area contributed by atoms with Gasteiger partial charge in [0.2, 0.25) is 5.91 Å². The fraction of sp³-hybridized carbons (Fsp3) is 0.533. The number of aromatic hydroxyl groups is 1. The summed E-state index contributed by atoms with van der Waals surface area (Å²) in [6, 6.07) is 6.35. The number of phenolic OH excluding ortho intramolecular Hbond substituents is 1. The molecule has 1 amide bonds. The lowest BCUT2D eigenvalue weighted by molar-refractivity contribution is -0.134. The molecule has 4 heteroatoms. The van der Waals surface area contributed by atoms with Crippen LogP contribution in [-0.2, 0) is 4.79 Å². The van der Waals surface area contributed by atoms with Crippen molar-refractivity contribution in [3.05, 3.63) is 29.8 Å². The number of benzene rings is 1. The summed E-state index contributed by atoms with van der Waals surface area (Å²) in [5.74, 6) is 0.253. The second kappa shape index (κ2) is 6.57. The summed E-state index contributed by atoms with van der Waals surface area (Å²) >= 11 is 0. The first-order valence-corrected chi connectivity index (χ1v) is 6.70. The van der Waals surface area contributed by atoms with Gasteiger partial charge in [0.1, 0.15) is 5.75 Å². The normalized spacial score (nSPS) is 15.6. The topological polar surface area (TPSA) is 66.6 Å². The van der Waals surface area contributed by atoms with E-state index >= 15 is 0 Å². The number of carbonyl (C=O) groups is 1. The van der Waals surface area contributed by atoms with Gasteiger partial charge in [0.05, 0.1) is 12.1 Å². The Hall–Kier alpha value is -1.55. The maximum Gasteiger partial charge on any atom is 0.240 e. The Labute approximate surface area is 115 Å². The fourth-order valence-corrected chi connectivity index (χ4v) is 1.97. The Balaban J connectivity index is 2.85. The van der Waals surface area contributed by atoms with Crippen molar-refractivity contribution in [1.29, 1.82) is 0 Å². The highest BCUT2D eigenvalue weighted by molar-refractivity contribution is 5.82. The number of phenols is 1. The Morgan fingerprint density at radius 2 is 1.95 bits per heavy atom. The van der Waals surface area contributed by atoms with Gasteiger partial charge in [0, 0.05) is 12.6 Å². The largest absolute Gasteiger partial charge is 0.508 e. The van der Waals surface area contributed by atoms with Crippen LogP contribution in [0.25, 0.3) is 0 Å². The number of nitrogens with zero attached hydrogens (tertiary/aromatic N) is 1.